The molecule has 0 unspecified atom stereocenters. The van der Waals surface area contributed by atoms with Crippen molar-refractivity contribution in [3.63, 3.8) is 0 Å². The Labute approximate surface area is 113 Å². The Morgan fingerprint density at radius 3 is 2.89 bits per heavy atom. The monoisotopic (exact) mass is 311 g/mol. The molecule has 1 aromatic heterocycles. The summed E-state index contributed by atoms with van der Waals surface area (Å²) in [4.78, 5) is 0. The van der Waals surface area contributed by atoms with Crippen LogP contribution in [0.25, 0.3) is 0 Å². The van der Waals surface area contributed by atoms with Crippen molar-refractivity contribution in [3.8, 4) is 5.75 Å². The summed E-state index contributed by atoms with van der Waals surface area (Å²) < 4.78 is 6.58. The number of tetrazole rings is 1. The van der Waals surface area contributed by atoms with Crippen molar-refractivity contribution in [2.45, 2.75) is 26.5 Å². The Morgan fingerprint density at radius 2 is 2.28 bits per heavy atom. The zero-order valence-electron chi connectivity index (χ0n) is 10.1. The summed E-state index contributed by atoms with van der Waals surface area (Å²) in [5.41, 5.74) is 1.10. The van der Waals surface area contributed by atoms with Gasteiger partial charge in [-0.15, -0.1) is 5.10 Å². The largest absolute Gasteiger partial charge is 0.490 e. The Kier molecular flexibility index (Phi) is 4.14. The van der Waals surface area contributed by atoms with E-state index in [2.05, 4.69) is 41.9 Å². The molecule has 96 valence electrons. The van der Waals surface area contributed by atoms with Crippen LogP contribution in [0.3, 0.4) is 0 Å². The number of halogens is 1. The minimum absolute atomic E-state index is 0.157. The lowest BCUT2D eigenvalue weighted by Crippen LogP contribution is -2.06. The van der Waals surface area contributed by atoms with Crippen LogP contribution in [0.5, 0.6) is 5.75 Å². The van der Waals surface area contributed by atoms with Crippen molar-refractivity contribution in [3.05, 3.63) is 28.2 Å². The van der Waals surface area contributed by atoms with Gasteiger partial charge in [-0.1, -0.05) is 11.2 Å². The van der Waals surface area contributed by atoms with Gasteiger partial charge in [-0.05, 0) is 52.7 Å². The fraction of sp³-hybridized carbons (Fsp3) is 0.364. The van der Waals surface area contributed by atoms with E-state index in [1.165, 1.54) is 0 Å². The highest BCUT2D eigenvalue weighted by molar-refractivity contribution is 9.10. The molecule has 2 rings (SSSR count). The third kappa shape index (κ3) is 3.43. The second-order valence-corrected chi connectivity index (χ2v) is 4.87. The average Bonchev–Trinajstić information content (AvgIpc) is 2.82. The van der Waals surface area contributed by atoms with Crippen molar-refractivity contribution in [2.24, 2.45) is 0 Å². The Bertz CT molecular complexity index is 500. The lowest BCUT2D eigenvalue weighted by Gasteiger charge is -2.12. The average molecular weight is 312 g/mol. The normalized spacial score (nSPS) is 10.7. The lowest BCUT2D eigenvalue weighted by molar-refractivity contribution is 0.241. The number of nitrogens with one attached hydrogen (secondary N) is 2. The van der Waals surface area contributed by atoms with Gasteiger partial charge in [0.2, 0.25) is 0 Å². The molecule has 18 heavy (non-hydrogen) atoms. The molecule has 0 aliphatic carbocycles. The first kappa shape index (κ1) is 12.8. The van der Waals surface area contributed by atoms with Crippen molar-refractivity contribution >= 4 is 21.9 Å². The number of rotatable bonds is 5. The Morgan fingerprint density at radius 1 is 1.44 bits per heavy atom. The van der Waals surface area contributed by atoms with Gasteiger partial charge in [0.15, 0.2) is 0 Å². The molecule has 0 radical (unpaired) electrons. The molecule has 1 heterocycles. The predicted octanol–water partition coefficient (Wildman–Crippen LogP) is 2.36. The summed E-state index contributed by atoms with van der Waals surface area (Å²) >= 11 is 3.49. The maximum Gasteiger partial charge on any atom is 0.263 e. The van der Waals surface area contributed by atoms with Crippen LogP contribution in [-0.2, 0) is 6.54 Å². The molecular formula is C11H14BrN5O. The maximum absolute atomic E-state index is 5.64. The first-order chi connectivity index (χ1) is 8.65. The summed E-state index contributed by atoms with van der Waals surface area (Å²) in [6.45, 7) is 4.62. The topological polar surface area (TPSA) is 75.7 Å². The lowest BCUT2D eigenvalue weighted by atomic mass is 10.2. The molecule has 0 spiro atoms. The van der Waals surface area contributed by atoms with Crippen LogP contribution in [0.15, 0.2) is 22.7 Å². The van der Waals surface area contributed by atoms with Gasteiger partial charge in [-0.3, -0.25) is 0 Å². The number of benzene rings is 1. The van der Waals surface area contributed by atoms with Gasteiger partial charge in [0.1, 0.15) is 5.75 Å². The molecule has 0 saturated carbocycles. The molecule has 0 aliphatic heterocycles. The van der Waals surface area contributed by atoms with Crippen LogP contribution in [0.4, 0.5) is 5.95 Å². The number of aromatic nitrogens is 4. The number of hydrogen-bond donors (Lipinski definition) is 2. The van der Waals surface area contributed by atoms with Crippen molar-refractivity contribution in [2.75, 3.05) is 5.32 Å². The number of hydrogen-bond acceptors (Lipinski definition) is 5. The first-order valence-corrected chi connectivity index (χ1v) is 6.37. The molecule has 0 saturated heterocycles. The molecule has 0 atom stereocenters. The molecule has 0 fully saturated rings. The summed E-state index contributed by atoms with van der Waals surface area (Å²) in [6.07, 6.45) is 0.157. The minimum Gasteiger partial charge on any atom is -0.490 e. The van der Waals surface area contributed by atoms with Crippen LogP contribution < -0.4 is 10.1 Å². The van der Waals surface area contributed by atoms with Crippen LogP contribution in [-0.4, -0.2) is 26.7 Å². The number of H-pyrrole nitrogens is 1. The van der Waals surface area contributed by atoms with Gasteiger partial charge in [0.25, 0.3) is 5.95 Å². The van der Waals surface area contributed by atoms with Crippen molar-refractivity contribution < 1.29 is 4.74 Å². The van der Waals surface area contributed by atoms with E-state index in [0.29, 0.717) is 12.5 Å². The molecule has 7 heteroatoms. The number of aromatic amines is 1. The molecule has 2 aromatic rings. The highest BCUT2D eigenvalue weighted by atomic mass is 79.9. The zero-order chi connectivity index (χ0) is 13.0. The molecule has 1 aromatic carbocycles. The smallest absolute Gasteiger partial charge is 0.263 e. The van der Waals surface area contributed by atoms with Gasteiger partial charge in [-0.25, -0.2) is 0 Å². The first-order valence-electron chi connectivity index (χ1n) is 5.57. The highest BCUT2D eigenvalue weighted by Crippen LogP contribution is 2.27. The van der Waals surface area contributed by atoms with Gasteiger partial charge < -0.3 is 10.1 Å². The summed E-state index contributed by atoms with van der Waals surface area (Å²) in [5.74, 6) is 1.32. The fourth-order valence-corrected chi connectivity index (χ4v) is 1.94. The fourth-order valence-electron chi connectivity index (χ4n) is 1.42. The van der Waals surface area contributed by atoms with Gasteiger partial charge in [-0.2, -0.15) is 5.21 Å². The zero-order valence-corrected chi connectivity index (χ0v) is 11.7. The Hall–Kier alpha value is -1.63. The van der Waals surface area contributed by atoms with Gasteiger partial charge in [0, 0.05) is 6.54 Å². The van der Waals surface area contributed by atoms with Gasteiger partial charge in [0.05, 0.1) is 10.6 Å². The molecular weight excluding hydrogens is 298 g/mol. The molecule has 0 bridgehead atoms. The van der Waals surface area contributed by atoms with E-state index in [-0.39, 0.29) is 6.10 Å². The second-order valence-electron chi connectivity index (χ2n) is 4.02. The SMILES string of the molecule is CC(C)Oc1ccc(CNc2nn[nH]n2)cc1Br. The van der Waals surface area contributed by atoms with E-state index in [1.54, 1.807) is 0 Å². The summed E-state index contributed by atoms with van der Waals surface area (Å²) in [5, 5.41) is 16.5. The maximum atomic E-state index is 5.64. The van der Waals surface area contributed by atoms with Crippen LogP contribution in [0.2, 0.25) is 0 Å². The van der Waals surface area contributed by atoms with E-state index in [4.69, 9.17) is 4.74 Å². The minimum atomic E-state index is 0.157. The van der Waals surface area contributed by atoms with E-state index in [9.17, 15) is 0 Å². The predicted molar refractivity (Wildman–Crippen MR) is 71.4 cm³/mol. The Balaban J connectivity index is 2.00. The third-order valence-electron chi connectivity index (χ3n) is 2.15. The van der Waals surface area contributed by atoms with Crippen molar-refractivity contribution in [1.82, 2.24) is 20.6 Å². The molecule has 0 aliphatic rings. The molecule has 6 nitrogen and oxygen atoms in total. The van der Waals surface area contributed by atoms with E-state index < -0.39 is 0 Å². The quantitative estimate of drug-likeness (QED) is 0.886. The number of anilines is 1. The number of ether oxygens (including phenoxy) is 1. The highest BCUT2D eigenvalue weighted by Gasteiger charge is 2.05. The van der Waals surface area contributed by atoms with Crippen LogP contribution >= 0.6 is 15.9 Å². The summed E-state index contributed by atoms with van der Waals surface area (Å²) in [6, 6.07) is 5.94. The summed E-state index contributed by atoms with van der Waals surface area (Å²) in [7, 11) is 0. The van der Waals surface area contributed by atoms with Crippen molar-refractivity contribution in [1.29, 1.82) is 0 Å². The number of nitrogens with zero attached hydrogens (tertiary/aromatic N) is 3. The van der Waals surface area contributed by atoms with E-state index in [0.717, 1.165) is 15.8 Å². The third-order valence-corrected chi connectivity index (χ3v) is 2.77. The standard InChI is InChI=1S/C11H14BrN5O/c1-7(2)18-10-4-3-8(5-9(10)12)6-13-11-14-16-17-15-11/h3-5,7H,6H2,1-2H3,(H2,13,14,15,16,17). The molecule has 2 N–H and O–H groups in total. The van der Waals surface area contributed by atoms with Crippen LogP contribution in [0, 0.1) is 0 Å². The van der Waals surface area contributed by atoms with Crippen LogP contribution in [0.1, 0.15) is 19.4 Å². The second kappa shape index (κ2) is 5.81. The van der Waals surface area contributed by atoms with E-state index in [1.807, 2.05) is 32.0 Å². The van der Waals surface area contributed by atoms with Gasteiger partial charge >= 0.3 is 0 Å². The molecule has 0 amide bonds. The van der Waals surface area contributed by atoms with E-state index >= 15 is 0 Å².